The Morgan fingerprint density at radius 2 is 2.24 bits per heavy atom. The third-order valence-electron chi connectivity index (χ3n) is 3.52. The van der Waals surface area contributed by atoms with E-state index in [4.69, 9.17) is 34.3 Å². The second-order valence-corrected chi connectivity index (χ2v) is 7.65. The smallest absolute Gasteiger partial charge is 0.243 e. The molecule has 0 saturated carbocycles. The lowest BCUT2D eigenvalue weighted by Crippen LogP contribution is -2.42. The van der Waals surface area contributed by atoms with Crippen LogP contribution in [0.1, 0.15) is 18.4 Å². The predicted molar refractivity (Wildman–Crippen MR) is 86.1 cm³/mol. The highest BCUT2D eigenvalue weighted by atomic mass is 35.5. The Balaban J connectivity index is 2.31. The lowest BCUT2D eigenvalue weighted by Gasteiger charge is -2.31. The molecular weight excluding hydrogens is 332 g/mol. The Labute approximate surface area is 135 Å². The largest absolute Gasteiger partial charge is 0.389 e. The van der Waals surface area contributed by atoms with Crippen molar-refractivity contribution in [2.75, 3.05) is 20.2 Å². The number of hydrogen-bond acceptors (Lipinski definition) is 4. The van der Waals surface area contributed by atoms with Crippen LogP contribution in [0, 0.1) is 0 Å². The van der Waals surface area contributed by atoms with Crippen molar-refractivity contribution in [2.24, 2.45) is 5.73 Å². The van der Waals surface area contributed by atoms with Crippen LogP contribution in [0.25, 0.3) is 0 Å². The SMILES string of the molecule is COC1CCCN(S(=O)(=O)c2ccc(C(N)=S)c(Cl)c2)C1. The van der Waals surface area contributed by atoms with Crippen molar-refractivity contribution in [3.05, 3.63) is 28.8 Å². The van der Waals surface area contributed by atoms with Crippen LogP contribution < -0.4 is 5.73 Å². The minimum atomic E-state index is -3.59. The average Bonchev–Trinajstić information content (AvgIpc) is 2.46. The molecular formula is C13H17ClN2O3S2. The molecule has 1 fully saturated rings. The maximum absolute atomic E-state index is 12.6. The summed E-state index contributed by atoms with van der Waals surface area (Å²) in [6, 6.07) is 4.41. The van der Waals surface area contributed by atoms with Gasteiger partial charge in [-0.1, -0.05) is 23.8 Å². The summed E-state index contributed by atoms with van der Waals surface area (Å²) in [7, 11) is -1.99. The number of methoxy groups -OCH3 is 1. The Hall–Kier alpha value is -0.730. The highest BCUT2D eigenvalue weighted by Gasteiger charge is 2.30. The van der Waals surface area contributed by atoms with Gasteiger partial charge >= 0.3 is 0 Å². The van der Waals surface area contributed by atoms with E-state index in [2.05, 4.69) is 0 Å². The molecule has 1 aromatic carbocycles. The lowest BCUT2D eigenvalue weighted by atomic mass is 10.1. The summed E-state index contributed by atoms with van der Waals surface area (Å²) in [5, 5.41) is 0.240. The van der Waals surface area contributed by atoms with Gasteiger partial charge in [-0.25, -0.2) is 8.42 Å². The molecule has 0 spiro atoms. The molecule has 2 rings (SSSR count). The fourth-order valence-corrected chi connectivity index (χ4v) is 4.44. The van der Waals surface area contributed by atoms with Gasteiger partial charge in [0, 0.05) is 25.8 Å². The molecule has 5 nitrogen and oxygen atoms in total. The summed E-state index contributed by atoms with van der Waals surface area (Å²) in [5.41, 5.74) is 5.99. The van der Waals surface area contributed by atoms with Crippen LogP contribution >= 0.6 is 23.8 Å². The van der Waals surface area contributed by atoms with E-state index < -0.39 is 10.0 Å². The van der Waals surface area contributed by atoms with E-state index in [-0.39, 0.29) is 21.0 Å². The van der Waals surface area contributed by atoms with E-state index in [1.165, 1.54) is 22.5 Å². The molecule has 1 unspecified atom stereocenters. The summed E-state index contributed by atoms with van der Waals surface area (Å²) in [5.74, 6) is 0. The van der Waals surface area contributed by atoms with Gasteiger partial charge in [0.05, 0.1) is 16.0 Å². The number of benzene rings is 1. The maximum Gasteiger partial charge on any atom is 0.243 e. The quantitative estimate of drug-likeness (QED) is 0.839. The molecule has 1 heterocycles. The van der Waals surface area contributed by atoms with Crippen LogP contribution in [0.5, 0.6) is 0 Å². The minimum absolute atomic E-state index is 0.0695. The molecule has 1 aliphatic rings. The molecule has 116 valence electrons. The van der Waals surface area contributed by atoms with Crippen LogP contribution in [0.3, 0.4) is 0 Å². The highest BCUT2D eigenvalue weighted by molar-refractivity contribution is 7.89. The van der Waals surface area contributed by atoms with Gasteiger partial charge in [0.15, 0.2) is 0 Å². The van der Waals surface area contributed by atoms with E-state index in [0.717, 1.165) is 12.8 Å². The molecule has 1 atom stereocenters. The third kappa shape index (κ3) is 3.54. The molecule has 8 heteroatoms. The van der Waals surface area contributed by atoms with Crippen molar-refractivity contribution in [3.63, 3.8) is 0 Å². The molecule has 0 radical (unpaired) electrons. The zero-order valence-corrected chi connectivity index (χ0v) is 14.0. The number of rotatable bonds is 4. The predicted octanol–water partition coefficient (Wildman–Crippen LogP) is 1.77. The summed E-state index contributed by atoms with van der Waals surface area (Å²) in [6.45, 7) is 0.838. The molecule has 1 saturated heterocycles. The summed E-state index contributed by atoms with van der Waals surface area (Å²) >= 11 is 10.9. The average molecular weight is 349 g/mol. The van der Waals surface area contributed by atoms with Gasteiger partial charge in [-0.05, 0) is 31.0 Å². The Morgan fingerprint density at radius 3 is 2.81 bits per heavy atom. The first-order chi connectivity index (χ1) is 9.86. The Bertz CT molecular complexity index is 649. The second kappa shape index (κ2) is 6.58. The number of nitrogens with zero attached hydrogens (tertiary/aromatic N) is 1. The normalized spacial score (nSPS) is 20.4. The highest BCUT2D eigenvalue weighted by Crippen LogP contribution is 2.26. The fourth-order valence-electron chi connectivity index (χ4n) is 2.32. The summed E-state index contributed by atoms with van der Waals surface area (Å²) in [6.07, 6.45) is 1.57. The first-order valence-electron chi connectivity index (χ1n) is 6.48. The molecule has 0 bridgehead atoms. The maximum atomic E-state index is 12.6. The molecule has 0 amide bonds. The zero-order valence-electron chi connectivity index (χ0n) is 11.6. The second-order valence-electron chi connectivity index (χ2n) is 4.87. The molecule has 0 aliphatic carbocycles. The molecule has 1 aliphatic heterocycles. The van der Waals surface area contributed by atoms with Crippen LogP contribution in [0.4, 0.5) is 0 Å². The van der Waals surface area contributed by atoms with E-state index in [1.807, 2.05) is 0 Å². The van der Waals surface area contributed by atoms with Crippen LogP contribution in [-0.4, -0.2) is 44.0 Å². The van der Waals surface area contributed by atoms with E-state index >= 15 is 0 Å². The topological polar surface area (TPSA) is 72.6 Å². The number of nitrogens with two attached hydrogens (primary N) is 1. The van der Waals surface area contributed by atoms with Crippen LogP contribution in [0.15, 0.2) is 23.1 Å². The Kier molecular flexibility index (Phi) is 5.21. The number of thiocarbonyl (C=S) groups is 1. The Morgan fingerprint density at radius 1 is 1.52 bits per heavy atom. The summed E-state index contributed by atoms with van der Waals surface area (Å²) < 4.78 is 31.9. The number of hydrogen-bond donors (Lipinski definition) is 1. The van der Waals surface area contributed by atoms with E-state index in [9.17, 15) is 8.42 Å². The first-order valence-corrected chi connectivity index (χ1v) is 8.71. The van der Waals surface area contributed by atoms with Gasteiger partial charge < -0.3 is 10.5 Å². The lowest BCUT2D eigenvalue weighted by molar-refractivity contribution is 0.0572. The fraction of sp³-hybridized carbons (Fsp3) is 0.462. The van der Waals surface area contributed by atoms with Gasteiger partial charge in [0.2, 0.25) is 10.0 Å². The van der Waals surface area contributed by atoms with E-state index in [0.29, 0.717) is 18.7 Å². The van der Waals surface area contributed by atoms with Crippen LogP contribution in [-0.2, 0) is 14.8 Å². The third-order valence-corrected chi connectivity index (χ3v) is 5.91. The summed E-state index contributed by atoms with van der Waals surface area (Å²) in [4.78, 5) is 0.283. The van der Waals surface area contributed by atoms with Gasteiger partial charge in [-0.3, -0.25) is 0 Å². The molecule has 1 aromatic rings. The van der Waals surface area contributed by atoms with Gasteiger partial charge in [-0.2, -0.15) is 4.31 Å². The zero-order chi connectivity index (χ0) is 15.6. The van der Waals surface area contributed by atoms with Crippen LogP contribution in [0.2, 0.25) is 5.02 Å². The van der Waals surface area contributed by atoms with Crippen molar-refractivity contribution in [3.8, 4) is 0 Å². The monoisotopic (exact) mass is 348 g/mol. The van der Waals surface area contributed by atoms with Gasteiger partial charge in [-0.15, -0.1) is 0 Å². The van der Waals surface area contributed by atoms with Crippen molar-refractivity contribution < 1.29 is 13.2 Å². The van der Waals surface area contributed by atoms with Crippen molar-refractivity contribution >= 4 is 38.8 Å². The van der Waals surface area contributed by atoms with Gasteiger partial charge in [0.1, 0.15) is 4.99 Å². The minimum Gasteiger partial charge on any atom is -0.389 e. The molecule has 2 N–H and O–H groups in total. The molecule has 0 aromatic heterocycles. The first kappa shape index (κ1) is 16.6. The standard InChI is InChI=1S/C13H17ClN2O3S2/c1-19-9-3-2-6-16(8-9)21(17,18)10-4-5-11(13(15)20)12(14)7-10/h4-5,7,9H,2-3,6,8H2,1H3,(H2,15,20). The van der Waals surface area contributed by atoms with Gasteiger partial charge in [0.25, 0.3) is 0 Å². The number of piperidine rings is 1. The number of sulfonamides is 1. The number of ether oxygens (including phenoxy) is 1. The van der Waals surface area contributed by atoms with E-state index in [1.54, 1.807) is 7.11 Å². The van der Waals surface area contributed by atoms with Crippen molar-refractivity contribution in [1.82, 2.24) is 4.31 Å². The van der Waals surface area contributed by atoms with Crippen molar-refractivity contribution in [1.29, 1.82) is 0 Å². The van der Waals surface area contributed by atoms with Crippen molar-refractivity contribution in [2.45, 2.75) is 23.8 Å². The molecule has 21 heavy (non-hydrogen) atoms. The number of halogens is 1.